The highest BCUT2D eigenvalue weighted by atomic mass is 79.9. The molecule has 88 valence electrons. The van der Waals surface area contributed by atoms with Crippen molar-refractivity contribution in [3.8, 4) is 0 Å². The van der Waals surface area contributed by atoms with E-state index in [2.05, 4.69) is 20.9 Å². The van der Waals surface area contributed by atoms with Crippen molar-refractivity contribution in [1.29, 1.82) is 0 Å². The number of pyridine rings is 1. The highest BCUT2D eigenvalue weighted by Crippen LogP contribution is 2.31. The molecule has 1 aromatic carbocycles. The molecule has 0 spiro atoms. The molecule has 5 heteroatoms. The van der Waals surface area contributed by atoms with E-state index in [4.69, 9.17) is 11.6 Å². The Morgan fingerprint density at radius 3 is 2.76 bits per heavy atom. The van der Waals surface area contributed by atoms with E-state index < -0.39 is 0 Å². The van der Waals surface area contributed by atoms with Crippen molar-refractivity contribution in [2.24, 2.45) is 0 Å². The van der Waals surface area contributed by atoms with Gasteiger partial charge in [0.1, 0.15) is 5.03 Å². The molecule has 0 unspecified atom stereocenters. The van der Waals surface area contributed by atoms with Gasteiger partial charge in [-0.15, -0.1) is 0 Å². The van der Waals surface area contributed by atoms with Gasteiger partial charge in [-0.1, -0.05) is 45.4 Å². The van der Waals surface area contributed by atoms with Crippen molar-refractivity contribution < 1.29 is 5.11 Å². The lowest BCUT2D eigenvalue weighted by molar-refractivity contribution is 0.279. The summed E-state index contributed by atoms with van der Waals surface area (Å²) >= 11 is 10.7. The van der Waals surface area contributed by atoms with E-state index in [9.17, 15) is 5.11 Å². The standard InChI is InChI=1S/C12H9BrClNOS/c13-9-2-1-8(7-16)11(5-9)17-12-4-3-10(14)6-15-12/h1-6,16H,7H2. The van der Waals surface area contributed by atoms with E-state index in [0.717, 1.165) is 20.0 Å². The minimum atomic E-state index is 0.0171. The van der Waals surface area contributed by atoms with Gasteiger partial charge in [-0.05, 0) is 29.8 Å². The van der Waals surface area contributed by atoms with Crippen molar-refractivity contribution in [3.63, 3.8) is 0 Å². The van der Waals surface area contributed by atoms with Crippen molar-refractivity contribution >= 4 is 39.3 Å². The molecule has 0 saturated carbocycles. The van der Waals surface area contributed by atoms with Crippen LogP contribution in [0.3, 0.4) is 0 Å². The van der Waals surface area contributed by atoms with E-state index in [-0.39, 0.29) is 6.61 Å². The zero-order valence-electron chi connectivity index (χ0n) is 8.73. The summed E-state index contributed by atoms with van der Waals surface area (Å²) in [5, 5.41) is 10.7. The Balaban J connectivity index is 2.28. The fraction of sp³-hybridized carbons (Fsp3) is 0.0833. The van der Waals surface area contributed by atoms with Gasteiger partial charge in [0.25, 0.3) is 0 Å². The molecular formula is C12H9BrClNOS. The van der Waals surface area contributed by atoms with Gasteiger partial charge in [0, 0.05) is 15.6 Å². The number of hydrogen-bond acceptors (Lipinski definition) is 3. The molecule has 1 aromatic heterocycles. The summed E-state index contributed by atoms with van der Waals surface area (Å²) in [7, 11) is 0. The maximum Gasteiger partial charge on any atom is 0.101 e. The minimum absolute atomic E-state index is 0.0171. The molecule has 2 rings (SSSR count). The van der Waals surface area contributed by atoms with E-state index in [0.29, 0.717) is 5.02 Å². The Hall–Kier alpha value is -0.550. The second-order valence-electron chi connectivity index (χ2n) is 3.33. The molecule has 0 saturated heterocycles. The Morgan fingerprint density at radius 2 is 2.12 bits per heavy atom. The summed E-state index contributed by atoms with van der Waals surface area (Å²) in [6.45, 7) is 0.0171. The predicted octanol–water partition coefficient (Wildman–Crippen LogP) is 4.14. The zero-order chi connectivity index (χ0) is 12.3. The van der Waals surface area contributed by atoms with Crippen LogP contribution in [0.2, 0.25) is 5.02 Å². The van der Waals surface area contributed by atoms with E-state index in [1.807, 2.05) is 24.3 Å². The third-order valence-electron chi connectivity index (χ3n) is 2.11. The Labute approximate surface area is 117 Å². The van der Waals surface area contributed by atoms with E-state index >= 15 is 0 Å². The minimum Gasteiger partial charge on any atom is -0.392 e. The molecule has 0 atom stereocenters. The topological polar surface area (TPSA) is 33.1 Å². The number of benzene rings is 1. The number of rotatable bonds is 3. The Bertz CT molecular complexity index is 518. The third-order valence-corrected chi connectivity index (χ3v) is 3.88. The molecule has 17 heavy (non-hydrogen) atoms. The van der Waals surface area contributed by atoms with Gasteiger partial charge in [0.15, 0.2) is 0 Å². The maximum atomic E-state index is 9.26. The fourth-order valence-corrected chi connectivity index (χ4v) is 2.83. The third kappa shape index (κ3) is 3.45. The van der Waals surface area contributed by atoms with Gasteiger partial charge in [-0.2, -0.15) is 0 Å². The van der Waals surface area contributed by atoms with Crippen LogP contribution in [0.5, 0.6) is 0 Å². The highest BCUT2D eigenvalue weighted by molar-refractivity contribution is 9.10. The van der Waals surface area contributed by atoms with Crippen LogP contribution < -0.4 is 0 Å². The summed E-state index contributed by atoms with van der Waals surface area (Å²) < 4.78 is 0.978. The molecule has 0 aliphatic rings. The molecule has 2 aromatic rings. The van der Waals surface area contributed by atoms with Crippen molar-refractivity contribution in [2.75, 3.05) is 0 Å². The molecule has 1 heterocycles. The van der Waals surface area contributed by atoms with Crippen LogP contribution in [-0.4, -0.2) is 10.1 Å². The van der Waals surface area contributed by atoms with Crippen LogP contribution in [0.4, 0.5) is 0 Å². The first-order valence-electron chi connectivity index (χ1n) is 4.88. The molecule has 0 radical (unpaired) electrons. The molecule has 0 aliphatic heterocycles. The van der Waals surface area contributed by atoms with Crippen LogP contribution >= 0.6 is 39.3 Å². The van der Waals surface area contributed by atoms with Crippen LogP contribution in [0.1, 0.15) is 5.56 Å². The van der Waals surface area contributed by atoms with Crippen LogP contribution in [0.15, 0.2) is 50.9 Å². The van der Waals surface area contributed by atoms with Crippen LogP contribution in [0.25, 0.3) is 0 Å². The van der Waals surface area contributed by atoms with Gasteiger partial charge in [0.2, 0.25) is 0 Å². The maximum absolute atomic E-state index is 9.26. The smallest absolute Gasteiger partial charge is 0.101 e. The molecule has 2 nitrogen and oxygen atoms in total. The van der Waals surface area contributed by atoms with Crippen LogP contribution in [0, 0.1) is 0 Å². The van der Waals surface area contributed by atoms with Gasteiger partial charge < -0.3 is 5.11 Å². The number of aliphatic hydroxyl groups is 1. The lowest BCUT2D eigenvalue weighted by Crippen LogP contribution is -1.88. The lowest BCUT2D eigenvalue weighted by atomic mass is 10.2. The van der Waals surface area contributed by atoms with Crippen LogP contribution in [-0.2, 0) is 6.61 Å². The molecule has 0 amide bonds. The molecule has 0 fully saturated rings. The predicted molar refractivity (Wildman–Crippen MR) is 73.4 cm³/mol. The number of halogens is 2. The summed E-state index contributed by atoms with van der Waals surface area (Å²) in [6, 6.07) is 9.42. The number of aliphatic hydroxyl groups excluding tert-OH is 1. The van der Waals surface area contributed by atoms with E-state index in [1.165, 1.54) is 11.8 Å². The van der Waals surface area contributed by atoms with Gasteiger partial charge in [-0.25, -0.2) is 4.98 Å². The van der Waals surface area contributed by atoms with Gasteiger partial charge in [0.05, 0.1) is 11.6 Å². The summed E-state index contributed by atoms with van der Waals surface area (Å²) in [4.78, 5) is 5.20. The normalized spacial score (nSPS) is 10.5. The molecule has 1 N–H and O–H groups in total. The quantitative estimate of drug-likeness (QED) is 0.918. The first-order chi connectivity index (χ1) is 8.19. The molecule has 0 aliphatic carbocycles. The largest absolute Gasteiger partial charge is 0.392 e. The SMILES string of the molecule is OCc1ccc(Br)cc1Sc1ccc(Cl)cn1. The second kappa shape index (κ2) is 5.87. The Morgan fingerprint density at radius 1 is 1.29 bits per heavy atom. The van der Waals surface area contributed by atoms with Gasteiger partial charge in [-0.3, -0.25) is 0 Å². The number of nitrogens with zero attached hydrogens (tertiary/aromatic N) is 1. The van der Waals surface area contributed by atoms with Crippen molar-refractivity contribution in [1.82, 2.24) is 4.98 Å². The Kier molecular flexibility index (Phi) is 4.45. The summed E-state index contributed by atoms with van der Waals surface area (Å²) in [5.74, 6) is 0. The fourth-order valence-electron chi connectivity index (χ4n) is 1.29. The average Bonchev–Trinajstić information content (AvgIpc) is 2.32. The van der Waals surface area contributed by atoms with E-state index in [1.54, 1.807) is 12.3 Å². The van der Waals surface area contributed by atoms with Gasteiger partial charge >= 0.3 is 0 Å². The summed E-state index contributed by atoms with van der Waals surface area (Å²) in [5.41, 5.74) is 0.884. The molecule has 0 bridgehead atoms. The highest BCUT2D eigenvalue weighted by Gasteiger charge is 2.05. The lowest BCUT2D eigenvalue weighted by Gasteiger charge is -2.07. The second-order valence-corrected chi connectivity index (χ2v) is 5.74. The first-order valence-corrected chi connectivity index (χ1v) is 6.86. The zero-order valence-corrected chi connectivity index (χ0v) is 11.9. The number of aromatic nitrogens is 1. The van der Waals surface area contributed by atoms with Crippen molar-refractivity contribution in [3.05, 3.63) is 51.6 Å². The monoisotopic (exact) mass is 329 g/mol. The average molecular weight is 331 g/mol. The molecular weight excluding hydrogens is 322 g/mol. The van der Waals surface area contributed by atoms with Crippen molar-refractivity contribution in [2.45, 2.75) is 16.5 Å². The number of hydrogen-bond donors (Lipinski definition) is 1. The first kappa shape index (κ1) is 12.9. The summed E-state index contributed by atoms with van der Waals surface area (Å²) in [6.07, 6.45) is 1.61.